The molecule has 1 aromatic rings. The Kier molecular flexibility index (Phi) is 5.24. The Morgan fingerprint density at radius 3 is 2.50 bits per heavy atom. The van der Waals surface area contributed by atoms with Crippen LogP contribution in [0.5, 0.6) is 0 Å². The maximum atomic E-state index is 13.0. The van der Waals surface area contributed by atoms with Crippen LogP contribution in [0.4, 0.5) is 13.2 Å². The number of aryl methyl sites for hydroxylation is 1. The quantitative estimate of drug-likeness (QED) is 0.787. The Balaban J connectivity index is 2.27. The number of carbonyl (C=O) groups excluding carboxylic acids is 1. The van der Waals surface area contributed by atoms with Gasteiger partial charge in [-0.15, -0.1) is 0 Å². The van der Waals surface area contributed by atoms with Crippen LogP contribution in [0, 0.1) is 12.8 Å². The van der Waals surface area contributed by atoms with E-state index in [9.17, 15) is 26.4 Å². The first-order chi connectivity index (χ1) is 11.0. The molecule has 9 heteroatoms. The van der Waals surface area contributed by atoms with Crippen LogP contribution >= 0.6 is 0 Å². The molecule has 0 saturated heterocycles. The molecule has 1 aliphatic rings. The van der Waals surface area contributed by atoms with E-state index in [2.05, 4.69) is 9.46 Å². The number of methoxy groups -OCH3 is 1. The van der Waals surface area contributed by atoms with Gasteiger partial charge in [0.15, 0.2) is 0 Å². The molecule has 2 rings (SSSR count). The van der Waals surface area contributed by atoms with Gasteiger partial charge in [0, 0.05) is 6.04 Å². The van der Waals surface area contributed by atoms with Crippen LogP contribution in [0.3, 0.4) is 0 Å². The van der Waals surface area contributed by atoms with Crippen molar-refractivity contribution in [2.45, 2.75) is 43.3 Å². The summed E-state index contributed by atoms with van der Waals surface area (Å²) >= 11 is 0. The Labute approximate surface area is 138 Å². The molecule has 1 aromatic carbocycles. The maximum absolute atomic E-state index is 13.0. The fraction of sp³-hybridized carbons (Fsp3) is 0.533. The van der Waals surface area contributed by atoms with Crippen LogP contribution < -0.4 is 4.72 Å². The second kappa shape index (κ2) is 6.72. The number of hydrogen-bond donors (Lipinski definition) is 1. The van der Waals surface area contributed by atoms with E-state index in [0.717, 1.165) is 25.0 Å². The molecule has 0 spiro atoms. The van der Waals surface area contributed by atoms with E-state index in [1.165, 1.54) is 14.0 Å². The summed E-state index contributed by atoms with van der Waals surface area (Å²) in [6.07, 6.45) is -3.28. The van der Waals surface area contributed by atoms with Crippen LogP contribution in [-0.4, -0.2) is 27.5 Å². The van der Waals surface area contributed by atoms with Gasteiger partial charge in [0.05, 0.1) is 24.0 Å². The predicted octanol–water partition coefficient (Wildman–Crippen LogP) is 2.63. The van der Waals surface area contributed by atoms with E-state index in [1.54, 1.807) is 0 Å². The Hall–Kier alpha value is -1.61. The SMILES string of the molecule is COC(=O)C[C@H](NS(=O)(=O)c1ccc(C)c(C(F)(F)F)c1)C1CC1. The van der Waals surface area contributed by atoms with Crippen LogP contribution in [-0.2, 0) is 25.7 Å². The molecule has 0 aromatic heterocycles. The predicted molar refractivity (Wildman–Crippen MR) is 79.6 cm³/mol. The minimum atomic E-state index is -4.64. The molecule has 134 valence electrons. The van der Waals surface area contributed by atoms with Crippen molar-refractivity contribution >= 4 is 16.0 Å². The first-order valence-corrected chi connectivity index (χ1v) is 8.80. The minimum Gasteiger partial charge on any atom is -0.469 e. The number of carbonyl (C=O) groups is 1. The molecule has 1 atom stereocenters. The van der Waals surface area contributed by atoms with E-state index in [0.29, 0.717) is 6.07 Å². The molecule has 1 fully saturated rings. The molecule has 0 radical (unpaired) electrons. The third-order valence-corrected chi connectivity index (χ3v) is 5.42. The number of benzene rings is 1. The van der Waals surface area contributed by atoms with Gasteiger partial charge < -0.3 is 4.74 Å². The summed E-state index contributed by atoms with van der Waals surface area (Å²) in [6, 6.07) is 2.16. The van der Waals surface area contributed by atoms with Crippen LogP contribution in [0.2, 0.25) is 0 Å². The van der Waals surface area contributed by atoms with Crippen molar-refractivity contribution in [1.82, 2.24) is 4.72 Å². The summed E-state index contributed by atoms with van der Waals surface area (Å²) in [5, 5.41) is 0. The third-order valence-electron chi connectivity index (χ3n) is 3.94. The molecule has 0 aliphatic heterocycles. The first-order valence-electron chi connectivity index (χ1n) is 7.31. The molecule has 0 amide bonds. The van der Waals surface area contributed by atoms with Crippen LogP contribution in [0.25, 0.3) is 0 Å². The Morgan fingerprint density at radius 2 is 2.00 bits per heavy atom. The highest BCUT2D eigenvalue weighted by Gasteiger charge is 2.37. The van der Waals surface area contributed by atoms with Gasteiger partial charge in [-0.2, -0.15) is 13.2 Å². The lowest BCUT2D eigenvalue weighted by Gasteiger charge is -2.18. The summed E-state index contributed by atoms with van der Waals surface area (Å²) < 4.78 is 70.6. The number of sulfonamides is 1. The molecule has 1 saturated carbocycles. The fourth-order valence-electron chi connectivity index (χ4n) is 2.41. The van der Waals surface area contributed by atoms with Gasteiger partial charge in [-0.3, -0.25) is 4.79 Å². The molecule has 5 nitrogen and oxygen atoms in total. The van der Waals surface area contributed by atoms with Gasteiger partial charge in [0.1, 0.15) is 0 Å². The second-order valence-corrected chi connectivity index (χ2v) is 7.53. The lowest BCUT2D eigenvalue weighted by atomic mass is 10.1. The summed E-state index contributed by atoms with van der Waals surface area (Å²) in [7, 11) is -2.98. The zero-order valence-electron chi connectivity index (χ0n) is 13.2. The highest BCUT2D eigenvalue weighted by atomic mass is 32.2. The summed E-state index contributed by atoms with van der Waals surface area (Å²) in [5.41, 5.74) is -1.06. The minimum absolute atomic E-state index is 0.00795. The van der Waals surface area contributed by atoms with E-state index in [-0.39, 0.29) is 17.9 Å². The summed E-state index contributed by atoms with van der Waals surface area (Å²) in [6.45, 7) is 1.26. The zero-order valence-corrected chi connectivity index (χ0v) is 14.0. The van der Waals surface area contributed by atoms with Crippen molar-refractivity contribution in [3.63, 3.8) is 0 Å². The molecule has 0 unspecified atom stereocenters. The molecule has 0 heterocycles. The third kappa shape index (κ3) is 4.47. The van der Waals surface area contributed by atoms with Crippen molar-refractivity contribution in [2.24, 2.45) is 5.92 Å². The molecular formula is C15H18F3NO4S. The average molecular weight is 365 g/mol. The standard InChI is InChI=1S/C15H18F3NO4S/c1-9-3-6-11(7-12(9)15(16,17)18)24(21,22)19-13(10-4-5-10)8-14(20)23-2/h3,6-7,10,13,19H,4-5,8H2,1-2H3/t13-/m0/s1. The number of nitrogens with one attached hydrogen (secondary N) is 1. The number of halogens is 3. The number of alkyl halides is 3. The van der Waals surface area contributed by atoms with E-state index >= 15 is 0 Å². The summed E-state index contributed by atoms with van der Waals surface area (Å²) in [5.74, 6) is -0.583. The van der Waals surface area contributed by atoms with Gasteiger partial charge in [0.2, 0.25) is 10.0 Å². The second-order valence-electron chi connectivity index (χ2n) is 5.82. The molecule has 1 N–H and O–H groups in total. The topological polar surface area (TPSA) is 72.5 Å². The zero-order chi connectivity index (χ0) is 18.1. The van der Waals surface area contributed by atoms with E-state index in [1.807, 2.05) is 0 Å². The fourth-order valence-corrected chi connectivity index (χ4v) is 3.74. The van der Waals surface area contributed by atoms with Crippen molar-refractivity contribution in [3.8, 4) is 0 Å². The van der Waals surface area contributed by atoms with Crippen molar-refractivity contribution in [3.05, 3.63) is 29.3 Å². The Bertz CT molecular complexity index is 727. The molecule has 24 heavy (non-hydrogen) atoms. The van der Waals surface area contributed by atoms with Gasteiger partial charge in [-0.05, 0) is 43.4 Å². The van der Waals surface area contributed by atoms with Crippen molar-refractivity contribution < 1.29 is 31.1 Å². The smallest absolute Gasteiger partial charge is 0.416 e. The highest BCUT2D eigenvalue weighted by Crippen LogP contribution is 2.36. The van der Waals surface area contributed by atoms with Gasteiger partial charge >= 0.3 is 12.1 Å². The first kappa shape index (κ1) is 18.7. The van der Waals surface area contributed by atoms with Crippen LogP contribution in [0.15, 0.2) is 23.1 Å². The summed E-state index contributed by atoms with van der Waals surface area (Å²) in [4.78, 5) is 10.9. The molecular weight excluding hydrogens is 347 g/mol. The van der Waals surface area contributed by atoms with Gasteiger partial charge in [-0.1, -0.05) is 6.07 Å². The largest absolute Gasteiger partial charge is 0.469 e. The van der Waals surface area contributed by atoms with E-state index < -0.39 is 38.7 Å². The molecule has 0 bridgehead atoms. The Morgan fingerprint density at radius 1 is 1.38 bits per heavy atom. The van der Waals surface area contributed by atoms with Crippen LogP contribution in [0.1, 0.15) is 30.4 Å². The highest BCUT2D eigenvalue weighted by molar-refractivity contribution is 7.89. The van der Waals surface area contributed by atoms with E-state index in [4.69, 9.17) is 0 Å². The number of esters is 1. The van der Waals surface area contributed by atoms with Gasteiger partial charge in [-0.25, -0.2) is 13.1 Å². The van der Waals surface area contributed by atoms with Gasteiger partial charge in [0.25, 0.3) is 0 Å². The number of hydrogen-bond acceptors (Lipinski definition) is 4. The number of ether oxygens (including phenoxy) is 1. The maximum Gasteiger partial charge on any atom is 0.416 e. The average Bonchev–Trinajstić information content (AvgIpc) is 3.29. The van der Waals surface area contributed by atoms with Crippen molar-refractivity contribution in [2.75, 3.05) is 7.11 Å². The lowest BCUT2D eigenvalue weighted by Crippen LogP contribution is -2.38. The molecule has 1 aliphatic carbocycles. The normalized spacial score (nSPS) is 16.7. The monoisotopic (exact) mass is 365 g/mol. The number of rotatable bonds is 6. The lowest BCUT2D eigenvalue weighted by molar-refractivity contribution is -0.141. The van der Waals surface area contributed by atoms with Crippen molar-refractivity contribution in [1.29, 1.82) is 0 Å².